The molecule has 0 aliphatic carbocycles. The fraction of sp³-hybridized carbons (Fsp3) is 0.545. The molecule has 0 atom stereocenters. The Bertz CT molecular complexity index is 304. The summed E-state index contributed by atoms with van der Waals surface area (Å²) in [6.45, 7) is 4.86. The zero-order chi connectivity index (χ0) is 11.3. The third-order valence-electron chi connectivity index (χ3n) is 2.18. The van der Waals surface area contributed by atoms with Gasteiger partial charge in [-0.2, -0.15) is 0 Å². The molecular weight excluding hydrogens is 194 g/mol. The normalized spacial score (nSPS) is 11.4. The predicted octanol–water partition coefficient (Wildman–Crippen LogP) is 1.57. The van der Waals surface area contributed by atoms with Crippen molar-refractivity contribution in [1.29, 1.82) is 0 Å². The Hall–Kier alpha value is -1.29. The number of hydrogen-bond acceptors (Lipinski definition) is 4. The maximum absolute atomic E-state index is 11.3. The molecule has 0 aliphatic heterocycles. The van der Waals surface area contributed by atoms with Crippen LogP contribution < -0.4 is 5.32 Å². The molecule has 4 heteroatoms. The molecule has 0 amide bonds. The van der Waals surface area contributed by atoms with E-state index >= 15 is 0 Å². The zero-order valence-corrected chi connectivity index (χ0v) is 9.37. The largest absolute Gasteiger partial charge is 0.469 e. The second-order valence-electron chi connectivity index (χ2n) is 4.06. The molecule has 0 unspecified atom stereocenters. The lowest BCUT2D eigenvalue weighted by atomic mass is 9.94. The summed E-state index contributed by atoms with van der Waals surface area (Å²) in [6.07, 6.45) is 1.63. The lowest BCUT2D eigenvalue weighted by Crippen LogP contribution is -2.36. The van der Waals surface area contributed by atoms with Crippen molar-refractivity contribution in [2.24, 2.45) is 5.41 Å². The van der Waals surface area contributed by atoms with E-state index in [1.807, 2.05) is 26.0 Å². The van der Waals surface area contributed by atoms with Crippen molar-refractivity contribution in [3.8, 4) is 0 Å². The van der Waals surface area contributed by atoms with Gasteiger partial charge in [-0.1, -0.05) is 0 Å². The van der Waals surface area contributed by atoms with Crippen LogP contribution in [0.2, 0.25) is 0 Å². The fourth-order valence-corrected chi connectivity index (χ4v) is 1.26. The van der Waals surface area contributed by atoms with Crippen LogP contribution in [0.1, 0.15) is 19.6 Å². The van der Waals surface area contributed by atoms with Crippen LogP contribution in [0.5, 0.6) is 0 Å². The summed E-state index contributed by atoms with van der Waals surface area (Å²) >= 11 is 0. The number of carbonyl (C=O) groups excluding carboxylic acids is 1. The molecule has 0 fully saturated rings. The van der Waals surface area contributed by atoms with Gasteiger partial charge in [-0.3, -0.25) is 4.79 Å². The van der Waals surface area contributed by atoms with Gasteiger partial charge in [-0.05, 0) is 26.0 Å². The molecular formula is C11H17NO3. The van der Waals surface area contributed by atoms with Gasteiger partial charge in [0.25, 0.3) is 0 Å². The molecule has 1 heterocycles. The number of furan rings is 1. The van der Waals surface area contributed by atoms with E-state index in [1.165, 1.54) is 7.11 Å². The topological polar surface area (TPSA) is 51.5 Å². The van der Waals surface area contributed by atoms with E-state index < -0.39 is 5.41 Å². The fourth-order valence-electron chi connectivity index (χ4n) is 1.26. The van der Waals surface area contributed by atoms with Crippen molar-refractivity contribution in [3.05, 3.63) is 24.2 Å². The Morgan fingerprint density at radius 1 is 1.60 bits per heavy atom. The third kappa shape index (κ3) is 3.40. The Balaban J connectivity index is 2.33. The quantitative estimate of drug-likeness (QED) is 0.751. The van der Waals surface area contributed by atoms with Crippen LogP contribution in [-0.4, -0.2) is 19.6 Å². The minimum atomic E-state index is -0.513. The van der Waals surface area contributed by atoms with Crippen LogP contribution in [0.15, 0.2) is 22.8 Å². The highest BCUT2D eigenvalue weighted by atomic mass is 16.5. The van der Waals surface area contributed by atoms with Gasteiger partial charge in [-0.15, -0.1) is 0 Å². The van der Waals surface area contributed by atoms with Gasteiger partial charge in [0, 0.05) is 6.54 Å². The van der Waals surface area contributed by atoms with Crippen molar-refractivity contribution in [3.63, 3.8) is 0 Å². The number of methoxy groups -OCH3 is 1. The van der Waals surface area contributed by atoms with Crippen LogP contribution in [0.25, 0.3) is 0 Å². The summed E-state index contributed by atoms with van der Waals surface area (Å²) in [5.74, 6) is 0.644. The van der Waals surface area contributed by atoms with Gasteiger partial charge in [0.1, 0.15) is 5.76 Å². The molecule has 15 heavy (non-hydrogen) atoms. The molecule has 0 radical (unpaired) electrons. The number of carbonyl (C=O) groups is 1. The van der Waals surface area contributed by atoms with Gasteiger partial charge < -0.3 is 14.5 Å². The maximum Gasteiger partial charge on any atom is 0.312 e. The molecule has 1 aromatic rings. The van der Waals surface area contributed by atoms with Crippen LogP contribution >= 0.6 is 0 Å². The monoisotopic (exact) mass is 211 g/mol. The summed E-state index contributed by atoms with van der Waals surface area (Å²) in [5.41, 5.74) is -0.513. The first kappa shape index (κ1) is 11.8. The molecule has 1 rings (SSSR count). The second-order valence-corrected chi connectivity index (χ2v) is 4.06. The van der Waals surface area contributed by atoms with E-state index in [4.69, 9.17) is 9.15 Å². The van der Waals surface area contributed by atoms with Crippen LogP contribution in [0.3, 0.4) is 0 Å². The van der Waals surface area contributed by atoms with E-state index in [2.05, 4.69) is 5.32 Å². The smallest absolute Gasteiger partial charge is 0.312 e. The van der Waals surface area contributed by atoms with E-state index in [0.717, 1.165) is 5.76 Å². The van der Waals surface area contributed by atoms with E-state index in [9.17, 15) is 4.79 Å². The molecule has 0 saturated carbocycles. The molecule has 1 N–H and O–H groups in total. The first-order chi connectivity index (χ1) is 7.06. The lowest BCUT2D eigenvalue weighted by Gasteiger charge is -2.21. The summed E-state index contributed by atoms with van der Waals surface area (Å²) in [7, 11) is 1.40. The number of ether oxygens (including phenoxy) is 1. The third-order valence-corrected chi connectivity index (χ3v) is 2.18. The number of esters is 1. The van der Waals surface area contributed by atoms with Gasteiger partial charge in [-0.25, -0.2) is 0 Å². The summed E-state index contributed by atoms with van der Waals surface area (Å²) in [6, 6.07) is 3.72. The maximum atomic E-state index is 11.3. The predicted molar refractivity (Wildman–Crippen MR) is 56.2 cm³/mol. The lowest BCUT2D eigenvalue weighted by molar-refractivity contribution is -0.150. The van der Waals surface area contributed by atoms with Gasteiger partial charge in [0.2, 0.25) is 0 Å². The van der Waals surface area contributed by atoms with Crippen molar-refractivity contribution < 1.29 is 13.9 Å². The van der Waals surface area contributed by atoms with Crippen LogP contribution in [0, 0.1) is 5.41 Å². The molecule has 0 spiro atoms. The van der Waals surface area contributed by atoms with Crippen molar-refractivity contribution in [2.45, 2.75) is 20.4 Å². The number of rotatable bonds is 5. The Morgan fingerprint density at radius 3 is 2.87 bits per heavy atom. The van der Waals surface area contributed by atoms with Gasteiger partial charge in [0.15, 0.2) is 0 Å². The molecule has 0 aliphatic rings. The van der Waals surface area contributed by atoms with Gasteiger partial charge in [0.05, 0.1) is 25.3 Å². The standard InChI is InChI=1S/C11H17NO3/c1-11(2,10(13)14-3)8-12-7-9-5-4-6-15-9/h4-6,12H,7-8H2,1-3H3. The minimum absolute atomic E-state index is 0.213. The van der Waals surface area contributed by atoms with Gasteiger partial charge >= 0.3 is 5.97 Å². The Labute approximate surface area is 89.6 Å². The molecule has 1 aromatic heterocycles. The Morgan fingerprint density at radius 2 is 2.33 bits per heavy atom. The zero-order valence-electron chi connectivity index (χ0n) is 9.37. The van der Waals surface area contributed by atoms with E-state index in [1.54, 1.807) is 6.26 Å². The summed E-state index contributed by atoms with van der Waals surface area (Å²) in [4.78, 5) is 11.3. The highest BCUT2D eigenvalue weighted by Gasteiger charge is 2.27. The van der Waals surface area contributed by atoms with Crippen molar-refractivity contribution in [1.82, 2.24) is 5.32 Å². The van der Waals surface area contributed by atoms with Crippen LogP contribution in [0.4, 0.5) is 0 Å². The molecule has 0 bridgehead atoms. The summed E-state index contributed by atoms with van der Waals surface area (Å²) < 4.78 is 9.86. The number of hydrogen-bond donors (Lipinski definition) is 1. The highest BCUT2D eigenvalue weighted by Crippen LogP contribution is 2.15. The SMILES string of the molecule is COC(=O)C(C)(C)CNCc1ccco1. The van der Waals surface area contributed by atoms with Crippen molar-refractivity contribution >= 4 is 5.97 Å². The first-order valence-corrected chi connectivity index (χ1v) is 4.88. The number of nitrogens with one attached hydrogen (secondary N) is 1. The second kappa shape index (κ2) is 4.98. The van der Waals surface area contributed by atoms with Crippen LogP contribution in [-0.2, 0) is 16.1 Å². The van der Waals surface area contributed by atoms with E-state index in [0.29, 0.717) is 13.1 Å². The average molecular weight is 211 g/mol. The summed E-state index contributed by atoms with van der Waals surface area (Å²) in [5, 5.41) is 3.15. The minimum Gasteiger partial charge on any atom is -0.469 e. The van der Waals surface area contributed by atoms with Crippen molar-refractivity contribution in [2.75, 3.05) is 13.7 Å². The Kier molecular flexibility index (Phi) is 3.91. The molecule has 0 saturated heterocycles. The van der Waals surface area contributed by atoms with E-state index in [-0.39, 0.29) is 5.97 Å². The first-order valence-electron chi connectivity index (χ1n) is 4.88. The molecule has 4 nitrogen and oxygen atoms in total. The molecule has 84 valence electrons. The molecule has 0 aromatic carbocycles. The average Bonchev–Trinajstić information content (AvgIpc) is 2.69. The highest BCUT2D eigenvalue weighted by molar-refractivity contribution is 5.76.